The molecule has 0 bridgehead atoms. The monoisotopic (exact) mass is 224 g/mol. The summed E-state index contributed by atoms with van der Waals surface area (Å²) in [4.78, 5) is 0. The van der Waals surface area contributed by atoms with Crippen molar-refractivity contribution in [1.82, 2.24) is 0 Å². The standard InChI is InChI=1S/C13H20O3/c1-3-11(2)10-16-13-6-4-12(5-7-13)15-9-8-14/h4-7,11,14H,3,8-10H2,1-2H3. The average Bonchev–Trinajstić information content (AvgIpc) is 2.34. The van der Waals surface area contributed by atoms with Gasteiger partial charge in [0.25, 0.3) is 0 Å². The van der Waals surface area contributed by atoms with Gasteiger partial charge in [-0.3, -0.25) is 0 Å². The van der Waals surface area contributed by atoms with Gasteiger partial charge in [0.1, 0.15) is 18.1 Å². The van der Waals surface area contributed by atoms with Crippen molar-refractivity contribution >= 4 is 0 Å². The van der Waals surface area contributed by atoms with Crippen LogP contribution in [0.15, 0.2) is 24.3 Å². The van der Waals surface area contributed by atoms with E-state index in [2.05, 4.69) is 13.8 Å². The fourth-order valence-corrected chi connectivity index (χ4v) is 1.15. The largest absolute Gasteiger partial charge is 0.493 e. The third-order valence-corrected chi connectivity index (χ3v) is 2.42. The van der Waals surface area contributed by atoms with E-state index in [1.165, 1.54) is 0 Å². The van der Waals surface area contributed by atoms with E-state index in [-0.39, 0.29) is 6.61 Å². The molecule has 0 aliphatic heterocycles. The van der Waals surface area contributed by atoms with E-state index < -0.39 is 0 Å². The molecule has 1 unspecified atom stereocenters. The number of aliphatic hydroxyl groups is 1. The van der Waals surface area contributed by atoms with Gasteiger partial charge in [-0.2, -0.15) is 0 Å². The van der Waals surface area contributed by atoms with E-state index in [1.54, 1.807) is 0 Å². The summed E-state index contributed by atoms with van der Waals surface area (Å²) in [6.45, 7) is 5.42. The number of rotatable bonds is 7. The van der Waals surface area contributed by atoms with Crippen molar-refractivity contribution in [2.24, 2.45) is 5.92 Å². The third-order valence-electron chi connectivity index (χ3n) is 2.42. The Bertz CT molecular complexity index is 282. The van der Waals surface area contributed by atoms with Crippen LogP contribution in [0, 0.1) is 5.92 Å². The Hall–Kier alpha value is -1.22. The van der Waals surface area contributed by atoms with Gasteiger partial charge in [-0.1, -0.05) is 20.3 Å². The Balaban J connectivity index is 2.38. The summed E-state index contributed by atoms with van der Waals surface area (Å²) in [6.07, 6.45) is 1.12. The molecule has 0 aliphatic carbocycles. The van der Waals surface area contributed by atoms with Gasteiger partial charge in [-0.05, 0) is 30.2 Å². The lowest BCUT2D eigenvalue weighted by Gasteiger charge is -2.11. The van der Waals surface area contributed by atoms with E-state index in [4.69, 9.17) is 14.6 Å². The molecular weight excluding hydrogens is 204 g/mol. The van der Waals surface area contributed by atoms with Crippen LogP contribution in [0.3, 0.4) is 0 Å². The van der Waals surface area contributed by atoms with Crippen LogP contribution in [-0.2, 0) is 0 Å². The van der Waals surface area contributed by atoms with Crippen molar-refractivity contribution in [2.75, 3.05) is 19.8 Å². The fourth-order valence-electron chi connectivity index (χ4n) is 1.15. The lowest BCUT2D eigenvalue weighted by Crippen LogP contribution is -2.07. The summed E-state index contributed by atoms with van der Waals surface area (Å²) in [5.74, 6) is 2.19. The highest BCUT2D eigenvalue weighted by Crippen LogP contribution is 2.18. The predicted molar refractivity (Wildman–Crippen MR) is 64.0 cm³/mol. The number of aliphatic hydroxyl groups excluding tert-OH is 1. The molecule has 1 aromatic carbocycles. The summed E-state index contributed by atoms with van der Waals surface area (Å²) in [6, 6.07) is 7.47. The van der Waals surface area contributed by atoms with Crippen LogP contribution in [-0.4, -0.2) is 24.9 Å². The Morgan fingerprint density at radius 2 is 1.69 bits per heavy atom. The van der Waals surface area contributed by atoms with Crippen molar-refractivity contribution in [3.8, 4) is 11.5 Å². The van der Waals surface area contributed by atoms with E-state index >= 15 is 0 Å². The summed E-state index contributed by atoms with van der Waals surface area (Å²) in [7, 11) is 0. The Morgan fingerprint density at radius 3 is 2.19 bits per heavy atom. The van der Waals surface area contributed by atoms with Crippen molar-refractivity contribution in [3.05, 3.63) is 24.3 Å². The van der Waals surface area contributed by atoms with Gasteiger partial charge in [0, 0.05) is 0 Å². The van der Waals surface area contributed by atoms with Crippen LogP contribution in [0.4, 0.5) is 0 Å². The first-order chi connectivity index (χ1) is 7.76. The average molecular weight is 224 g/mol. The first-order valence-electron chi connectivity index (χ1n) is 5.72. The minimum Gasteiger partial charge on any atom is -0.493 e. The summed E-state index contributed by atoms with van der Waals surface area (Å²) in [5, 5.41) is 8.60. The summed E-state index contributed by atoms with van der Waals surface area (Å²) in [5.41, 5.74) is 0. The molecule has 1 rings (SSSR count). The van der Waals surface area contributed by atoms with Gasteiger partial charge in [0.15, 0.2) is 0 Å². The number of hydrogen-bond donors (Lipinski definition) is 1. The second kappa shape index (κ2) is 7.12. The molecule has 0 saturated heterocycles. The van der Waals surface area contributed by atoms with Crippen LogP contribution in [0.2, 0.25) is 0 Å². The molecule has 90 valence electrons. The molecule has 3 nitrogen and oxygen atoms in total. The second-order valence-electron chi connectivity index (χ2n) is 3.87. The van der Waals surface area contributed by atoms with Crippen LogP contribution in [0.1, 0.15) is 20.3 Å². The third kappa shape index (κ3) is 4.53. The molecule has 0 fully saturated rings. The van der Waals surface area contributed by atoms with E-state index in [1.807, 2.05) is 24.3 Å². The van der Waals surface area contributed by atoms with Gasteiger partial charge in [0.05, 0.1) is 13.2 Å². The SMILES string of the molecule is CCC(C)COc1ccc(OCCO)cc1. The van der Waals surface area contributed by atoms with Gasteiger partial charge in [-0.25, -0.2) is 0 Å². The smallest absolute Gasteiger partial charge is 0.119 e. The first kappa shape index (κ1) is 12.8. The molecule has 0 saturated carbocycles. The minimum atomic E-state index is 0.0340. The summed E-state index contributed by atoms with van der Waals surface area (Å²) < 4.78 is 10.9. The normalized spacial score (nSPS) is 12.2. The van der Waals surface area contributed by atoms with Gasteiger partial charge >= 0.3 is 0 Å². The molecule has 0 aromatic heterocycles. The van der Waals surface area contributed by atoms with E-state index in [9.17, 15) is 0 Å². The fraction of sp³-hybridized carbons (Fsp3) is 0.538. The Morgan fingerprint density at radius 1 is 1.12 bits per heavy atom. The van der Waals surface area contributed by atoms with Crippen LogP contribution in [0.5, 0.6) is 11.5 Å². The molecule has 0 spiro atoms. The number of ether oxygens (including phenoxy) is 2. The molecule has 1 N–H and O–H groups in total. The predicted octanol–water partition coefficient (Wildman–Crippen LogP) is 2.48. The first-order valence-corrected chi connectivity index (χ1v) is 5.72. The number of benzene rings is 1. The molecule has 0 heterocycles. The quantitative estimate of drug-likeness (QED) is 0.773. The molecule has 0 radical (unpaired) electrons. The maximum atomic E-state index is 8.60. The van der Waals surface area contributed by atoms with Gasteiger partial charge < -0.3 is 14.6 Å². The van der Waals surface area contributed by atoms with Gasteiger partial charge in [-0.15, -0.1) is 0 Å². The zero-order valence-corrected chi connectivity index (χ0v) is 9.98. The molecular formula is C13H20O3. The summed E-state index contributed by atoms with van der Waals surface area (Å²) >= 11 is 0. The van der Waals surface area contributed by atoms with Crippen molar-refractivity contribution in [1.29, 1.82) is 0 Å². The molecule has 16 heavy (non-hydrogen) atoms. The molecule has 1 aromatic rings. The van der Waals surface area contributed by atoms with Crippen molar-refractivity contribution in [3.63, 3.8) is 0 Å². The van der Waals surface area contributed by atoms with Crippen molar-refractivity contribution < 1.29 is 14.6 Å². The van der Waals surface area contributed by atoms with Crippen LogP contribution >= 0.6 is 0 Å². The Kier molecular flexibility index (Phi) is 5.72. The lowest BCUT2D eigenvalue weighted by molar-refractivity contribution is 0.201. The maximum Gasteiger partial charge on any atom is 0.119 e. The zero-order chi connectivity index (χ0) is 11.8. The maximum absolute atomic E-state index is 8.60. The molecule has 0 amide bonds. The highest BCUT2D eigenvalue weighted by Gasteiger charge is 2.00. The molecule has 0 aliphatic rings. The zero-order valence-electron chi connectivity index (χ0n) is 9.98. The number of hydrogen-bond acceptors (Lipinski definition) is 3. The Labute approximate surface area is 97.0 Å². The van der Waals surface area contributed by atoms with E-state index in [0.29, 0.717) is 12.5 Å². The highest BCUT2D eigenvalue weighted by atomic mass is 16.5. The lowest BCUT2D eigenvalue weighted by atomic mass is 10.1. The van der Waals surface area contributed by atoms with E-state index in [0.717, 1.165) is 24.5 Å². The van der Waals surface area contributed by atoms with Crippen LogP contribution in [0.25, 0.3) is 0 Å². The van der Waals surface area contributed by atoms with Gasteiger partial charge in [0.2, 0.25) is 0 Å². The molecule has 1 atom stereocenters. The van der Waals surface area contributed by atoms with Crippen molar-refractivity contribution in [2.45, 2.75) is 20.3 Å². The highest BCUT2D eigenvalue weighted by molar-refractivity contribution is 5.31. The minimum absolute atomic E-state index is 0.0340. The van der Waals surface area contributed by atoms with Crippen LogP contribution < -0.4 is 9.47 Å². The topological polar surface area (TPSA) is 38.7 Å². The molecule has 3 heteroatoms. The second-order valence-corrected chi connectivity index (χ2v) is 3.87.